The normalized spacial score (nSPS) is 14.5. The second kappa shape index (κ2) is 11.6. The van der Waals surface area contributed by atoms with E-state index in [4.69, 9.17) is 9.47 Å². The van der Waals surface area contributed by atoms with Crippen molar-refractivity contribution in [3.8, 4) is 11.5 Å². The summed E-state index contributed by atoms with van der Waals surface area (Å²) in [5.74, 6) is 0.983. The fourth-order valence-electron chi connectivity index (χ4n) is 3.41. The van der Waals surface area contributed by atoms with Crippen molar-refractivity contribution in [1.82, 2.24) is 5.32 Å². The fraction of sp³-hybridized carbons (Fsp3) is 0.391. The molecular weight excluding hydrogens is 446 g/mol. The number of amides is 1. The topological polar surface area (TPSA) is 71.9 Å². The van der Waals surface area contributed by atoms with E-state index in [1.54, 1.807) is 6.21 Å². The molecule has 0 heterocycles. The van der Waals surface area contributed by atoms with Crippen LogP contribution in [0.2, 0.25) is 0 Å². The number of benzene rings is 2. The molecule has 2 aromatic carbocycles. The van der Waals surface area contributed by atoms with Crippen molar-refractivity contribution in [3.05, 3.63) is 52.5 Å². The van der Waals surface area contributed by atoms with Gasteiger partial charge in [-0.2, -0.15) is 5.10 Å². The molecule has 0 atom stereocenters. The van der Waals surface area contributed by atoms with Crippen LogP contribution in [0.25, 0.3) is 0 Å². The van der Waals surface area contributed by atoms with Crippen LogP contribution < -0.4 is 20.2 Å². The van der Waals surface area contributed by atoms with Gasteiger partial charge >= 0.3 is 0 Å². The third kappa shape index (κ3) is 6.76. The molecule has 0 spiro atoms. The molecule has 0 saturated heterocycles. The lowest BCUT2D eigenvalue weighted by Gasteiger charge is -2.23. The molecule has 6 nitrogen and oxygen atoms in total. The van der Waals surface area contributed by atoms with Gasteiger partial charge in [0.1, 0.15) is 0 Å². The third-order valence-electron chi connectivity index (χ3n) is 4.83. The first-order chi connectivity index (χ1) is 14.7. The Labute approximate surface area is 186 Å². The minimum Gasteiger partial charge on any atom is -0.490 e. The van der Waals surface area contributed by atoms with E-state index in [9.17, 15) is 4.79 Å². The van der Waals surface area contributed by atoms with E-state index in [-0.39, 0.29) is 18.6 Å². The summed E-state index contributed by atoms with van der Waals surface area (Å²) in [6.07, 6.45) is 7.40. The van der Waals surface area contributed by atoms with Gasteiger partial charge in [0.2, 0.25) is 0 Å². The van der Waals surface area contributed by atoms with Crippen LogP contribution in [-0.2, 0) is 4.79 Å². The van der Waals surface area contributed by atoms with Crippen LogP contribution in [0, 0.1) is 0 Å². The molecule has 2 N–H and O–H groups in total. The molecule has 0 unspecified atom stereocenters. The van der Waals surface area contributed by atoms with Crippen molar-refractivity contribution >= 4 is 33.7 Å². The van der Waals surface area contributed by atoms with Crippen LogP contribution in [0.3, 0.4) is 0 Å². The molecule has 1 aliphatic rings. The highest BCUT2D eigenvalue weighted by Gasteiger charge is 2.18. The number of hydrogen-bond acceptors (Lipinski definition) is 5. The quantitative estimate of drug-likeness (QED) is 0.391. The second-order valence-corrected chi connectivity index (χ2v) is 8.04. The van der Waals surface area contributed by atoms with Crippen molar-refractivity contribution in [2.45, 2.75) is 45.1 Å². The second-order valence-electron chi connectivity index (χ2n) is 7.19. The van der Waals surface area contributed by atoms with E-state index in [1.165, 1.54) is 19.3 Å². The van der Waals surface area contributed by atoms with Crippen molar-refractivity contribution in [2.75, 3.05) is 18.6 Å². The molecule has 7 heteroatoms. The molecule has 30 heavy (non-hydrogen) atoms. The van der Waals surface area contributed by atoms with Crippen molar-refractivity contribution in [1.29, 1.82) is 0 Å². The highest BCUT2D eigenvalue weighted by Crippen LogP contribution is 2.36. The lowest BCUT2D eigenvalue weighted by Crippen LogP contribution is -2.39. The predicted molar refractivity (Wildman–Crippen MR) is 123 cm³/mol. The molecule has 160 valence electrons. The first-order valence-corrected chi connectivity index (χ1v) is 11.2. The van der Waals surface area contributed by atoms with Gasteiger partial charge < -0.3 is 14.8 Å². The van der Waals surface area contributed by atoms with Crippen LogP contribution in [-0.4, -0.2) is 31.4 Å². The zero-order chi connectivity index (χ0) is 21.2. The monoisotopic (exact) mass is 473 g/mol. The Morgan fingerprint density at radius 2 is 1.93 bits per heavy atom. The van der Waals surface area contributed by atoms with Gasteiger partial charge in [-0.15, -0.1) is 0 Å². The number of halogens is 1. The molecule has 1 fully saturated rings. The molecule has 1 saturated carbocycles. The number of carbonyl (C=O) groups is 1. The lowest BCUT2D eigenvalue weighted by molar-refractivity contribution is -0.124. The molecule has 1 aliphatic carbocycles. The highest BCUT2D eigenvalue weighted by molar-refractivity contribution is 9.10. The molecule has 0 radical (unpaired) electrons. The van der Waals surface area contributed by atoms with Crippen molar-refractivity contribution in [3.63, 3.8) is 0 Å². The van der Waals surface area contributed by atoms with Gasteiger partial charge in [-0.3, -0.25) is 10.2 Å². The highest BCUT2D eigenvalue weighted by atomic mass is 79.9. The number of hydrazone groups is 1. The Kier molecular flexibility index (Phi) is 8.56. The van der Waals surface area contributed by atoms with E-state index in [0.717, 1.165) is 24.1 Å². The standard InChI is InChI=1S/C23H28BrN3O3/c1-2-29-21-14-17(15-25-27-19-11-7-4-8-12-19)13-20(24)23(21)30-16-22(28)26-18-9-5-3-6-10-18/h4,7-8,11-15,18,27H,2-3,5-6,9-10,16H2,1H3,(H,26,28). The van der Waals surface area contributed by atoms with Crippen molar-refractivity contribution in [2.24, 2.45) is 5.10 Å². The summed E-state index contributed by atoms with van der Waals surface area (Å²) in [5.41, 5.74) is 4.73. The number of carbonyl (C=O) groups excluding carboxylic acids is 1. The van der Waals surface area contributed by atoms with Crippen LogP contribution in [0.15, 0.2) is 52.0 Å². The summed E-state index contributed by atoms with van der Waals surface area (Å²) in [7, 11) is 0. The Balaban J connectivity index is 1.62. The maximum atomic E-state index is 12.3. The summed E-state index contributed by atoms with van der Waals surface area (Å²) in [5, 5.41) is 7.33. The van der Waals surface area contributed by atoms with Crippen LogP contribution in [0.1, 0.15) is 44.6 Å². The zero-order valence-electron chi connectivity index (χ0n) is 17.2. The maximum Gasteiger partial charge on any atom is 0.258 e. The van der Waals surface area contributed by atoms with E-state index in [0.29, 0.717) is 22.6 Å². The minimum absolute atomic E-state index is 0.0435. The molecule has 1 amide bonds. The Morgan fingerprint density at radius 3 is 2.67 bits per heavy atom. The maximum absolute atomic E-state index is 12.3. The summed E-state index contributed by atoms with van der Waals surface area (Å²) in [4.78, 5) is 12.3. The zero-order valence-corrected chi connectivity index (χ0v) is 18.8. The number of rotatable bonds is 9. The van der Waals surface area contributed by atoms with Gasteiger partial charge in [-0.05, 0) is 65.5 Å². The van der Waals surface area contributed by atoms with Gasteiger partial charge in [0.05, 0.1) is 23.0 Å². The van der Waals surface area contributed by atoms with Crippen LogP contribution >= 0.6 is 15.9 Å². The van der Waals surface area contributed by atoms with Crippen molar-refractivity contribution < 1.29 is 14.3 Å². The van der Waals surface area contributed by atoms with Gasteiger partial charge in [-0.25, -0.2) is 0 Å². The molecule has 0 aliphatic heterocycles. The first kappa shape index (κ1) is 22.2. The third-order valence-corrected chi connectivity index (χ3v) is 5.42. The summed E-state index contributed by atoms with van der Waals surface area (Å²) < 4.78 is 12.3. The van der Waals surface area contributed by atoms with Crippen LogP contribution in [0.4, 0.5) is 5.69 Å². The Bertz CT molecular complexity index is 852. The van der Waals surface area contributed by atoms with E-state index < -0.39 is 0 Å². The number of anilines is 1. The van der Waals surface area contributed by atoms with Gasteiger partial charge in [0.25, 0.3) is 5.91 Å². The fourth-order valence-corrected chi connectivity index (χ4v) is 3.99. The largest absolute Gasteiger partial charge is 0.490 e. The molecule has 2 aromatic rings. The summed E-state index contributed by atoms with van der Waals surface area (Å²) >= 11 is 3.53. The number of nitrogens with zero attached hydrogens (tertiary/aromatic N) is 1. The van der Waals surface area contributed by atoms with Crippen LogP contribution in [0.5, 0.6) is 11.5 Å². The number of ether oxygens (including phenoxy) is 2. The Morgan fingerprint density at radius 1 is 1.17 bits per heavy atom. The van der Waals surface area contributed by atoms with E-state index in [2.05, 4.69) is 31.8 Å². The number of hydrogen-bond donors (Lipinski definition) is 2. The average Bonchev–Trinajstić information content (AvgIpc) is 2.75. The van der Waals surface area contributed by atoms with E-state index >= 15 is 0 Å². The molecule has 0 bridgehead atoms. The summed E-state index contributed by atoms with van der Waals surface area (Å²) in [6.45, 7) is 2.35. The molecule has 3 rings (SSSR count). The molecule has 0 aromatic heterocycles. The smallest absolute Gasteiger partial charge is 0.258 e. The van der Waals surface area contributed by atoms with Gasteiger partial charge in [-0.1, -0.05) is 37.5 Å². The summed E-state index contributed by atoms with van der Waals surface area (Å²) in [6, 6.07) is 13.7. The van der Waals surface area contributed by atoms with Gasteiger partial charge in [0, 0.05) is 6.04 Å². The predicted octanol–water partition coefficient (Wildman–Crippen LogP) is 5.12. The Hall–Kier alpha value is -2.54. The first-order valence-electron chi connectivity index (χ1n) is 10.4. The number of para-hydroxylation sites is 1. The average molecular weight is 474 g/mol. The minimum atomic E-state index is -0.103. The van der Waals surface area contributed by atoms with Gasteiger partial charge in [0.15, 0.2) is 18.1 Å². The number of nitrogens with one attached hydrogen (secondary N) is 2. The van der Waals surface area contributed by atoms with E-state index in [1.807, 2.05) is 49.4 Å². The SMILES string of the molecule is CCOc1cc(C=NNc2ccccc2)cc(Br)c1OCC(=O)NC1CCCCC1. The molecular formula is C23H28BrN3O3. The lowest BCUT2D eigenvalue weighted by atomic mass is 9.95.